The predicted molar refractivity (Wildman–Crippen MR) is 85.0 cm³/mol. The number of alkyl halides is 3. The molecule has 2 aromatic heterocycles. The molecule has 2 heterocycles. The number of aromatic nitrogens is 2. The van der Waals surface area contributed by atoms with Crippen LogP contribution >= 0.6 is 11.3 Å². The van der Waals surface area contributed by atoms with E-state index in [9.17, 15) is 18.0 Å². The Bertz CT molecular complexity index is 750. The first-order valence-electron chi connectivity index (χ1n) is 7.71. The minimum absolute atomic E-state index is 0.0731. The Kier molecular flexibility index (Phi) is 4.42. The third-order valence-electron chi connectivity index (χ3n) is 4.31. The molecule has 0 aliphatic heterocycles. The van der Waals surface area contributed by atoms with Crippen molar-refractivity contribution in [2.24, 2.45) is 13.0 Å². The minimum Gasteiger partial charge on any atom is -0.337 e. The van der Waals surface area contributed by atoms with Gasteiger partial charge in [-0.1, -0.05) is 6.92 Å². The molecule has 24 heavy (non-hydrogen) atoms. The average molecular weight is 357 g/mol. The predicted octanol–water partition coefficient (Wildman–Crippen LogP) is 3.64. The first kappa shape index (κ1) is 17.0. The van der Waals surface area contributed by atoms with E-state index in [1.165, 1.54) is 29.3 Å². The molecule has 4 nitrogen and oxygen atoms in total. The van der Waals surface area contributed by atoms with Crippen LogP contribution in [0.25, 0.3) is 0 Å². The summed E-state index contributed by atoms with van der Waals surface area (Å²) < 4.78 is 41.4. The summed E-state index contributed by atoms with van der Waals surface area (Å²) in [6, 6.07) is -2.06. The zero-order valence-electron chi connectivity index (χ0n) is 13.4. The first-order valence-corrected chi connectivity index (χ1v) is 8.59. The third kappa shape index (κ3) is 3.33. The van der Waals surface area contributed by atoms with E-state index in [-0.39, 0.29) is 5.56 Å². The molecule has 1 amide bonds. The summed E-state index contributed by atoms with van der Waals surface area (Å²) in [7, 11) is 1.54. The van der Waals surface area contributed by atoms with Crippen LogP contribution in [0.15, 0.2) is 17.8 Å². The van der Waals surface area contributed by atoms with Gasteiger partial charge in [-0.05, 0) is 30.7 Å². The molecular formula is C16H18F3N3OS. The van der Waals surface area contributed by atoms with Crippen molar-refractivity contribution in [3.8, 4) is 0 Å². The molecule has 0 radical (unpaired) electrons. The van der Waals surface area contributed by atoms with E-state index in [1.807, 2.05) is 0 Å². The van der Waals surface area contributed by atoms with Crippen molar-refractivity contribution >= 4 is 17.2 Å². The van der Waals surface area contributed by atoms with Crippen molar-refractivity contribution < 1.29 is 18.0 Å². The molecule has 3 rings (SSSR count). The van der Waals surface area contributed by atoms with E-state index >= 15 is 0 Å². The number of fused-ring (bicyclic) bond motifs is 1. The topological polar surface area (TPSA) is 46.9 Å². The van der Waals surface area contributed by atoms with Gasteiger partial charge in [0.25, 0.3) is 5.91 Å². The summed E-state index contributed by atoms with van der Waals surface area (Å²) in [5.74, 6) is -0.126. The fourth-order valence-electron chi connectivity index (χ4n) is 3.02. The Hall–Kier alpha value is -1.83. The fourth-order valence-corrected chi connectivity index (χ4v) is 4.26. The van der Waals surface area contributed by atoms with Crippen LogP contribution in [-0.4, -0.2) is 21.9 Å². The van der Waals surface area contributed by atoms with Gasteiger partial charge in [0.15, 0.2) is 6.04 Å². The summed E-state index contributed by atoms with van der Waals surface area (Å²) in [5, 5.41) is 7.58. The molecule has 1 aliphatic rings. The molecule has 1 N–H and O–H groups in total. The van der Waals surface area contributed by atoms with Gasteiger partial charge in [-0.15, -0.1) is 11.3 Å². The lowest BCUT2D eigenvalue weighted by Crippen LogP contribution is -2.38. The number of amides is 1. The summed E-state index contributed by atoms with van der Waals surface area (Å²) in [5.41, 5.74) is 1.21. The Balaban J connectivity index is 1.84. The second-order valence-electron chi connectivity index (χ2n) is 6.29. The lowest BCUT2D eigenvalue weighted by molar-refractivity contribution is -0.155. The second-order valence-corrected chi connectivity index (χ2v) is 7.26. The third-order valence-corrected chi connectivity index (χ3v) is 5.36. The van der Waals surface area contributed by atoms with Gasteiger partial charge >= 0.3 is 6.18 Å². The van der Waals surface area contributed by atoms with Crippen LogP contribution in [-0.2, 0) is 19.9 Å². The van der Waals surface area contributed by atoms with Crippen molar-refractivity contribution in [1.29, 1.82) is 0 Å². The molecule has 1 aliphatic carbocycles. The standard InChI is InChI=1S/C16H18F3N3OS/c1-9-3-4-11-12(8-24-13(11)5-9)15(23)21-14(16(17,18)19)10-6-20-22(2)7-10/h6-9,14H,3-5H2,1-2H3,(H,21,23). The minimum atomic E-state index is -4.58. The number of hydrogen-bond donors (Lipinski definition) is 1. The Morgan fingerprint density at radius 3 is 2.88 bits per heavy atom. The molecule has 0 saturated carbocycles. The molecule has 0 bridgehead atoms. The van der Waals surface area contributed by atoms with Crippen molar-refractivity contribution in [2.45, 2.75) is 38.4 Å². The quantitative estimate of drug-likeness (QED) is 0.912. The van der Waals surface area contributed by atoms with Crippen LogP contribution in [0, 0.1) is 5.92 Å². The molecule has 2 atom stereocenters. The highest BCUT2D eigenvalue weighted by molar-refractivity contribution is 7.10. The maximum absolute atomic E-state index is 13.4. The molecule has 130 valence electrons. The monoisotopic (exact) mass is 357 g/mol. The lowest BCUT2D eigenvalue weighted by atomic mass is 9.88. The van der Waals surface area contributed by atoms with E-state index < -0.39 is 18.1 Å². The van der Waals surface area contributed by atoms with Gasteiger partial charge < -0.3 is 5.32 Å². The van der Waals surface area contributed by atoms with E-state index in [2.05, 4.69) is 17.3 Å². The number of thiophene rings is 1. The van der Waals surface area contributed by atoms with Crippen LogP contribution in [0.4, 0.5) is 13.2 Å². The van der Waals surface area contributed by atoms with E-state index in [0.717, 1.165) is 35.9 Å². The number of carbonyl (C=O) groups excluding carboxylic acids is 1. The van der Waals surface area contributed by atoms with Crippen molar-refractivity contribution in [3.63, 3.8) is 0 Å². The normalized spacial score (nSPS) is 19.0. The van der Waals surface area contributed by atoms with Crippen LogP contribution < -0.4 is 5.32 Å². The van der Waals surface area contributed by atoms with Crippen molar-refractivity contribution in [1.82, 2.24) is 15.1 Å². The SMILES string of the molecule is CC1CCc2c(C(=O)NC(c3cnn(C)c3)C(F)(F)F)csc2C1. The Morgan fingerprint density at radius 2 is 2.25 bits per heavy atom. The summed E-state index contributed by atoms with van der Waals surface area (Å²) in [4.78, 5) is 13.6. The van der Waals surface area contributed by atoms with E-state index in [4.69, 9.17) is 0 Å². The van der Waals surface area contributed by atoms with Gasteiger partial charge in [0, 0.05) is 29.1 Å². The highest BCUT2D eigenvalue weighted by Gasteiger charge is 2.43. The van der Waals surface area contributed by atoms with Crippen LogP contribution in [0.1, 0.15) is 45.7 Å². The smallest absolute Gasteiger partial charge is 0.337 e. The maximum Gasteiger partial charge on any atom is 0.413 e. The molecule has 2 unspecified atom stereocenters. The summed E-state index contributed by atoms with van der Waals surface area (Å²) in [6.45, 7) is 2.14. The first-order chi connectivity index (χ1) is 11.3. The number of halogens is 3. The number of nitrogens with zero attached hydrogens (tertiary/aromatic N) is 2. The van der Waals surface area contributed by atoms with Crippen LogP contribution in [0.5, 0.6) is 0 Å². The molecule has 0 spiro atoms. The highest BCUT2D eigenvalue weighted by Crippen LogP contribution is 2.35. The zero-order valence-corrected chi connectivity index (χ0v) is 14.2. The number of rotatable bonds is 3. The fraction of sp³-hybridized carbons (Fsp3) is 0.500. The Labute approximate surface area is 141 Å². The molecule has 0 aromatic carbocycles. The number of hydrogen-bond acceptors (Lipinski definition) is 3. The van der Waals surface area contributed by atoms with Gasteiger partial charge in [-0.3, -0.25) is 9.48 Å². The van der Waals surface area contributed by atoms with Gasteiger partial charge in [0.2, 0.25) is 0 Å². The van der Waals surface area contributed by atoms with Gasteiger partial charge in [0.05, 0.1) is 11.8 Å². The Morgan fingerprint density at radius 1 is 1.50 bits per heavy atom. The van der Waals surface area contributed by atoms with Gasteiger partial charge in [-0.25, -0.2) is 0 Å². The number of aryl methyl sites for hydroxylation is 1. The van der Waals surface area contributed by atoms with Crippen molar-refractivity contribution in [3.05, 3.63) is 39.3 Å². The van der Waals surface area contributed by atoms with Gasteiger partial charge in [0.1, 0.15) is 0 Å². The lowest BCUT2D eigenvalue weighted by Gasteiger charge is -2.22. The zero-order chi connectivity index (χ0) is 17.5. The van der Waals surface area contributed by atoms with Crippen LogP contribution in [0.3, 0.4) is 0 Å². The summed E-state index contributed by atoms with van der Waals surface area (Å²) in [6.07, 6.45) is 0.399. The molecule has 2 aromatic rings. The summed E-state index contributed by atoms with van der Waals surface area (Å²) >= 11 is 1.46. The van der Waals surface area contributed by atoms with E-state index in [0.29, 0.717) is 11.5 Å². The largest absolute Gasteiger partial charge is 0.413 e. The second kappa shape index (κ2) is 6.23. The molecule has 8 heteroatoms. The maximum atomic E-state index is 13.4. The highest BCUT2D eigenvalue weighted by atomic mass is 32.1. The van der Waals surface area contributed by atoms with Crippen LogP contribution in [0.2, 0.25) is 0 Å². The molecule has 0 saturated heterocycles. The van der Waals surface area contributed by atoms with Crippen molar-refractivity contribution in [2.75, 3.05) is 0 Å². The molecule has 0 fully saturated rings. The number of carbonyl (C=O) groups is 1. The van der Waals surface area contributed by atoms with Gasteiger partial charge in [-0.2, -0.15) is 18.3 Å². The molecular weight excluding hydrogens is 339 g/mol. The van der Waals surface area contributed by atoms with E-state index in [1.54, 1.807) is 5.38 Å². The number of nitrogens with one attached hydrogen (secondary N) is 1. The average Bonchev–Trinajstić information content (AvgIpc) is 3.09.